The molecule has 3 nitrogen and oxygen atoms in total. The van der Waals surface area contributed by atoms with Crippen LogP contribution in [0.4, 0.5) is 0 Å². The van der Waals surface area contributed by atoms with E-state index in [-0.39, 0.29) is 11.0 Å². The van der Waals surface area contributed by atoms with Gasteiger partial charge < -0.3 is 4.98 Å². The lowest BCUT2D eigenvalue weighted by Crippen LogP contribution is -2.19. The van der Waals surface area contributed by atoms with Crippen molar-refractivity contribution in [2.75, 3.05) is 0 Å². The Morgan fingerprint density at radius 3 is 2.29 bits per heavy atom. The van der Waals surface area contributed by atoms with Crippen LogP contribution < -0.4 is 5.56 Å². The Bertz CT molecular complexity index is 661. The van der Waals surface area contributed by atoms with E-state index in [0.717, 1.165) is 17.7 Å². The molecule has 0 fully saturated rings. The Kier molecular flexibility index (Phi) is 4.31. The van der Waals surface area contributed by atoms with Crippen molar-refractivity contribution >= 4 is 0 Å². The summed E-state index contributed by atoms with van der Waals surface area (Å²) >= 11 is 0. The number of benzene rings is 1. The molecule has 2 rings (SSSR count). The first-order valence-corrected chi connectivity index (χ1v) is 7.47. The number of nitrogens with one attached hydrogen (secondary N) is 1. The van der Waals surface area contributed by atoms with Crippen LogP contribution >= 0.6 is 0 Å². The minimum Gasteiger partial charge on any atom is -0.307 e. The van der Waals surface area contributed by atoms with Crippen LogP contribution in [0, 0.1) is 5.92 Å². The summed E-state index contributed by atoms with van der Waals surface area (Å²) in [5.41, 5.74) is 2.83. The van der Waals surface area contributed by atoms with Gasteiger partial charge in [-0.05, 0) is 17.9 Å². The molecule has 1 N–H and O–H groups in total. The molecular formula is C18H24N2O. The molecule has 0 aliphatic carbocycles. The van der Waals surface area contributed by atoms with Crippen molar-refractivity contribution in [3.63, 3.8) is 0 Å². The summed E-state index contributed by atoms with van der Waals surface area (Å²) in [5, 5.41) is 0. The number of nitrogens with zero attached hydrogens (tertiary/aromatic N) is 1. The second kappa shape index (κ2) is 5.84. The van der Waals surface area contributed by atoms with Gasteiger partial charge in [0.1, 0.15) is 5.82 Å². The third-order valence-corrected chi connectivity index (χ3v) is 3.38. The van der Waals surface area contributed by atoms with Gasteiger partial charge in [-0.1, -0.05) is 58.9 Å². The summed E-state index contributed by atoms with van der Waals surface area (Å²) in [6.07, 6.45) is 1.06. The molecule has 0 aliphatic heterocycles. The predicted molar refractivity (Wildman–Crippen MR) is 87.5 cm³/mol. The first-order valence-electron chi connectivity index (χ1n) is 7.47. The van der Waals surface area contributed by atoms with E-state index < -0.39 is 0 Å². The van der Waals surface area contributed by atoms with Crippen LogP contribution in [0.1, 0.15) is 45.9 Å². The molecule has 0 unspecified atom stereocenters. The Morgan fingerprint density at radius 2 is 1.76 bits per heavy atom. The molecule has 21 heavy (non-hydrogen) atoms. The molecule has 1 heterocycles. The number of H-pyrrole nitrogens is 1. The van der Waals surface area contributed by atoms with Crippen LogP contribution in [-0.4, -0.2) is 9.97 Å². The predicted octanol–water partition coefficient (Wildman–Crippen LogP) is 3.93. The molecule has 112 valence electrons. The van der Waals surface area contributed by atoms with Crippen molar-refractivity contribution in [3.05, 3.63) is 51.9 Å². The standard InChI is InChI=1S/C18H24N2O/c1-12(2)10-13-6-8-14(9-7-13)17-19-15(18(3,4)5)11-16(21)20-17/h6-9,11-12H,10H2,1-5H3,(H,19,20,21). The molecule has 0 saturated carbocycles. The highest BCUT2D eigenvalue weighted by Crippen LogP contribution is 2.22. The zero-order chi connectivity index (χ0) is 15.6. The molecule has 0 amide bonds. The topological polar surface area (TPSA) is 45.8 Å². The van der Waals surface area contributed by atoms with Crippen LogP contribution in [0.25, 0.3) is 11.4 Å². The van der Waals surface area contributed by atoms with Gasteiger partial charge in [0.2, 0.25) is 0 Å². The van der Waals surface area contributed by atoms with Gasteiger partial charge in [0.05, 0.1) is 5.69 Å². The van der Waals surface area contributed by atoms with Crippen molar-refractivity contribution < 1.29 is 0 Å². The second-order valence-corrected chi connectivity index (χ2v) is 7.02. The lowest BCUT2D eigenvalue weighted by atomic mass is 9.92. The number of hydrogen-bond acceptors (Lipinski definition) is 2. The third-order valence-electron chi connectivity index (χ3n) is 3.38. The molecule has 0 spiro atoms. The van der Waals surface area contributed by atoms with E-state index in [1.54, 1.807) is 6.07 Å². The number of aromatic nitrogens is 2. The average Bonchev–Trinajstić information content (AvgIpc) is 2.37. The van der Waals surface area contributed by atoms with Gasteiger partial charge in [-0.3, -0.25) is 4.79 Å². The van der Waals surface area contributed by atoms with Crippen LogP contribution in [-0.2, 0) is 11.8 Å². The highest BCUT2D eigenvalue weighted by molar-refractivity contribution is 5.55. The van der Waals surface area contributed by atoms with E-state index in [2.05, 4.69) is 56.7 Å². The van der Waals surface area contributed by atoms with Gasteiger partial charge in [0.25, 0.3) is 5.56 Å². The molecular weight excluding hydrogens is 260 g/mol. The summed E-state index contributed by atoms with van der Waals surface area (Å²) in [7, 11) is 0. The Hall–Kier alpha value is -1.90. The van der Waals surface area contributed by atoms with Crippen LogP contribution in [0.2, 0.25) is 0 Å². The van der Waals surface area contributed by atoms with Gasteiger partial charge in [0.15, 0.2) is 0 Å². The van der Waals surface area contributed by atoms with E-state index in [1.807, 2.05) is 12.1 Å². The first-order chi connectivity index (χ1) is 9.75. The zero-order valence-corrected chi connectivity index (χ0v) is 13.5. The summed E-state index contributed by atoms with van der Waals surface area (Å²) < 4.78 is 0. The second-order valence-electron chi connectivity index (χ2n) is 7.02. The summed E-state index contributed by atoms with van der Waals surface area (Å²) in [6.45, 7) is 10.6. The van der Waals surface area contributed by atoms with E-state index in [1.165, 1.54) is 5.56 Å². The molecule has 0 atom stereocenters. The lowest BCUT2D eigenvalue weighted by molar-refractivity contribution is 0.566. The number of hydrogen-bond donors (Lipinski definition) is 1. The molecule has 0 bridgehead atoms. The Morgan fingerprint density at radius 1 is 1.14 bits per heavy atom. The molecule has 1 aromatic carbocycles. The molecule has 3 heteroatoms. The van der Waals surface area contributed by atoms with E-state index in [9.17, 15) is 4.79 Å². The highest BCUT2D eigenvalue weighted by Gasteiger charge is 2.17. The van der Waals surface area contributed by atoms with E-state index in [4.69, 9.17) is 0 Å². The van der Waals surface area contributed by atoms with Crippen molar-refractivity contribution in [3.8, 4) is 11.4 Å². The average molecular weight is 284 g/mol. The Balaban J connectivity index is 2.38. The fourth-order valence-electron chi connectivity index (χ4n) is 2.25. The zero-order valence-electron chi connectivity index (χ0n) is 13.5. The number of aromatic amines is 1. The third kappa shape index (κ3) is 4.03. The normalized spacial score (nSPS) is 11.9. The quantitative estimate of drug-likeness (QED) is 0.928. The SMILES string of the molecule is CC(C)Cc1ccc(-c2nc(C(C)(C)C)cc(=O)[nH]2)cc1. The minimum absolute atomic E-state index is 0.101. The minimum atomic E-state index is -0.138. The monoisotopic (exact) mass is 284 g/mol. The largest absolute Gasteiger partial charge is 0.307 e. The fraction of sp³-hybridized carbons (Fsp3) is 0.444. The fourth-order valence-corrected chi connectivity index (χ4v) is 2.25. The van der Waals surface area contributed by atoms with Gasteiger partial charge in [-0.2, -0.15) is 0 Å². The van der Waals surface area contributed by atoms with Crippen LogP contribution in [0.5, 0.6) is 0 Å². The van der Waals surface area contributed by atoms with Gasteiger partial charge in [-0.25, -0.2) is 4.98 Å². The van der Waals surface area contributed by atoms with E-state index >= 15 is 0 Å². The maximum atomic E-state index is 11.8. The van der Waals surface area contributed by atoms with Crippen molar-refractivity contribution in [1.82, 2.24) is 9.97 Å². The molecule has 0 aliphatic rings. The maximum absolute atomic E-state index is 11.8. The summed E-state index contributed by atoms with van der Waals surface area (Å²) in [4.78, 5) is 19.3. The first kappa shape index (κ1) is 15.5. The van der Waals surface area contributed by atoms with Gasteiger partial charge in [0, 0.05) is 17.0 Å². The summed E-state index contributed by atoms with van der Waals surface area (Å²) in [6, 6.07) is 9.86. The maximum Gasteiger partial charge on any atom is 0.251 e. The van der Waals surface area contributed by atoms with Gasteiger partial charge in [-0.15, -0.1) is 0 Å². The summed E-state index contributed by atoms with van der Waals surface area (Å²) in [5.74, 6) is 1.28. The smallest absolute Gasteiger partial charge is 0.251 e. The highest BCUT2D eigenvalue weighted by atomic mass is 16.1. The van der Waals surface area contributed by atoms with Crippen molar-refractivity contribution in [2.45, 2.75) is 46.5 Å². The van der Waals surface area contributed by atoms with Crippen molar-refractivity contribution in [1.29, 1.82) is 0 Å². The molecule has 2 aromatic rings. The lowest BCUT2D eigenvalue weighted by Gasteiger charge is -2.18. The molecule has 1 aromatic heterocycles. The van der Waals surface area contributed by atoms with Crippen LogP contribution in [0.15, 0.2) is 35.1 Å². The van der Waals surface area contributed by atoms with Crippen LogP contribution in [0.3, 0.4) is 0 Å². The molecule has 0 radical (unpaired) electrons. The van der Waals surface area contributed by atoms with Gasteiger partial charge >= 0.3 is 0 Å². The van der Waals surface area contributed by atoms with E-state index in [0.29, 0.717) is 11.7 Å². The Labute approximate surface area is 126 Å². The van der Waals surface area contributed by atoms with Crippen molar-refractivity contribution in [2.24, 2.45) is 5.92 Å². The molecule has 0 saturated heterocycles. The number of rotatable bonds is 3.